The van der Waals surface area contributed by atoms with E-state index in [9.17, 15) is 4.79 Å². The summed E-state index contributed by atoms with van der Waals surface area (Å²) >= 11 is 0. The molecule has 0 spiro atoms. The van der Waals surface area contributed by atoms with Gasteiger partial charge >= 0.3 is 5.97 Å². The van der Waals surface area contributed by atoms with Crippen molar-refractivity contribution in [2.45, 2.75) is 13.5 Å². The minimum absolute atomic E-state index is 0.141. The number of rotatable bonds is 6. The van der Waals surface area contributed by atoms with Gasteiger partial charge in [-0.25, -0.2) is 4.79 Å². The van der Waals surface area contributed by atoms with Crippen LogP contribution in [0.25, 0.3) is 0 Å². The number of ether oxygens (including phenoxy) is 2. The Bertz CT molecular complexity index is 719. The van der Waals surface area contributed by atoms with Gasteiger partial charge in [0.25, 0.3) is 0 Å². The molecule has 0 aliphatic rings. The third-order valence-corrected chi connectivity index (χ3v) is 2.94. The molecule has 1 N–H and O–H groups in total. The van der Waals surface area contributed by atoms with E-state index in [1.165, 1.54) is 12.1 Å². The average molecular weight is 297 g/mol. The van der Waals surface area contributed by atoms with Gasteiger partial charge in [-0.3, -0.25) is 0 Å². The van der Waals surface area contributed by atoms with Crippen LogP contribution < -0.4 is 9.47 Å². The first-order chi connectivity index (χ1) is 10.6. The molecule has 5 nitrogen and oxygen atoms in total. The molecule has 0 saturated heterocycles. The van der Waals surface area contributed by atoms with E-state index >= 15 is 0 Å². The zero-order valence-electron chi connectivity index (χ0n) is 12.1. The Morgan fingerprint density at radius 3 is 2.68 bits per heavy atom. The van der Waals surface area contributed by atoms with E-state index in [4.69, 9.17) is 19.8 Å². The predicted molar refractivity (Wildman–Crippen MR) is 80.1 cm³/mol. The van der Waals surface area contributed by atoms with Gasteiger partial charge in [-0.05, 0) is 42.8 Å². The summed E-state index contributed by atoms with van der Waals surface area (Å²) in [5, 5.41) is 17.9. The summed E-state index contributed by atoms with van der Waals surface area (Å²) in [5.74, 6) is -0.165. The lowest BCUT2D eigenvalue weighted by Gasteiger charge is -2.12. The van der Waals surface area contributed by atoms with Crippen LogP contribution in [0.15, 0.2) is 42.5 Å². The highest BCUT2D eigenvalue weighted by Crippen LogP contribution is 2.29. The lowest BCUT2D eigenvalue weighted by atomic mass is 10.1. The van der Waals surface area contributed by atoms with E-state index in [1.807, 2.05) is 13.0 Å². The van der Waals surface area contributed by atoms with Crippen molar-refractivity contribution >= 4 is 5.97 Å². The number of hydrogen-bond acceptors (Lipinski definition) is 4. The van der Waals surface area contributed by atoms with Gasteiger partial charge in [0.05, 0.1) is 23.8 Å². The number of nitriles is 1. The van der Waals surface area contributed by atoms with Crippen molar-refractivity contribution in [1.82, 2.24) is 0 Å². The van der Waals surface area contributed by atoms with E-state index in [1.54, 1.807) is 24.3 Å². The summed E-state index contributed by atoms with van der Waals surface area (Å²) in [4.78, 5) is 11.0. The largest absolute Gasteiger partial charge is 0.490 e. The molecule has 112 valence electrons. The Balaban J connectivity index is 2.17. The van der Waals surface area contributed by atoms with Crippen molar-refractivity contribution in [3.63, 3.8) is 0 Å². The number of nitrogens with zero attached hydrogens (tertiary/aromatic N) is 1. The summed E-state index contributed by atoms with van der Waals surface area (Å²) in [6.07, 6.45) is 0. The molecule has 2 rings (SSSR count). The van der Waals surface area contributed by atoms with E-state index < -0.39 is 5.97 Å². The SMILES string of the molecule is CCOc1cc(C(=O)O)ccc1OCc1cccc(C#N)c1. The highest BCUT2D eigenvalue weighted by atomic mass is 16.5. The maximum Gasteiger partial charge on any atom is 0.335 e. The molecule has 2 aromatic carbocycles. The number of carbonyl (C=O) groups is 1. The standard InChI is InChI=1S/C17H15NO4/c1-2-21-16-9-14(17(19)20)6-7-15(16)22-11-13-5-3-4-12(8-13)10-18/h3-9H,2,11H2,1H3,(H,19,20). The second kappa shape index (κ2) is 7.14. The second-order valence-corrected chi connectivity index (χ2v) is 4.50. The first-order valence-corrected chi connectivity index (χ1v) is 6.76. The second-order valence-electron chi connectivity index (χ2n) is 4.50. The third kappa shape index (κ3) is 3.76. The normalized spacial score (nSPS) is 9.82. The lowest BCUT2D eigenvalue weighted by molar-refractivity contribution is 0.0696. The summed E-state index contributed by atoms with van der Waals surface area (Å²) in [6.45, 7) is 2.49. The van der Waals surface area contributed by atoms with Gasteiger partial charge < -0.3 is 14.6 Å². The maximum absolute atomic E-state index is 11.0. The Kier molecular flexibility index (Phi) is 4.99. The van der Waals surface area contributed by atoms with Gasteiger partial charge in [-0.15, -0.1) is 0 Å². The zero-order valence-corrected chi connectivity index (χ0v) is 12.1. The number of aromatic carboxylic acids is 1. The molecule has 2 aromatic rings. The summed E-state index contributed by atoms with van der Waals surface area (Å²) in [7, 11) is 0. The fourth-order valence-electron chi connectivity index (χ4n) is 1.92. The van der Waals surface area contributed by atoms with E-state index in [0.29, 0.717) is 23.7 Å². The van der Waals surface area contributed by atoms with Crippen LogP contribution in [0.4, 0.5) is 0 Å². The van der Waals surface area contributed by atoms with Gasteiger partial charge in [-0.2, -0.15) is 5.26 Å². The van der Waals surface area contributed by atoms with Crippen molar-refractivity contribution in [2.24, 2.45) is 0 Å². The number of carboxylic acid groups (broad SMARTS) is 1. The van der Waals surface area contributed by atoms with Crippen LogP contribution in [0.1, 0.15) is 28.4 Å². The molecule has 0 aliphatic carbocycles. The first-order valence-electron chi connectivity index (χ1n) is 6.76. The van der Waals surface area contributed by atoms with E-state index in [-0.39, 0.29) is 12.2 Å². The Hall–Kier alpha value is -3.00. The molecular formula is C17H15NO4. The summed E-state index contributed by atoms with van der Waals surface area (Å²) in [6, 6.07) is 13.6. The summed E-state index contributed by atoms with van der Waals surface area (Å²) < 4.78 is 11.1. The van der Waals surface area contributed by atoms with Gasteiger partial charge in [0, 0.05) is 0 Å². The number of benzene rings is 2. The van der Waals surface area contributed by atoms with Crippen molar-refractivity contribution in [1.29, 1.82) is 5.26 Å². The molecule has 0 heterocycles. The Morgan fingerprint density at radius 1 is 1.18 bits per heavy atom. The van der Waals surface area contributed by atoms with Crippen LogP contribution in [0.5, 0.6) is 11.5 Å². The van der Waals surface area contributed by atoms with Gasteiger partial charge in [0.2, 0.25) is 0 Å². The van der Waals surface area contributed by atoms with Crippen LogP contribution >= 0.6 is 0 Å². The minimum Gasteiger partial charge on any atom is -0.490 e. The van der Waals surface area contributed by atoms with Crippen LogP contribution in [0, 0.1) is 11.3 Å². The molecule has 0 aliphatic heterocycles. The van der Waals surface area contributed by atoms with Gasteiger partial charge in [0.15, 0.2) is 11.5 Å². The molecule has 0 bridgehead atoms. The molecular weight excluding hydrogens is 282 g/mol. The summed E-state index contributed by atoms with van der Waals surface area (Å²) in [5.41, 5.74) is 1.55. The van der Waals surface area contributed by atoms with E-state index in [0.717, 1.165) is 5.56 Å². The highest BCUT2D eigenvalue weighted by Gasteiger charge is 2.10. The molecule has 5 heteroatoms. The minimum atomic E-state index is -1.02. The molecule has 0 saturated carbocycles. The molecule has 0 fully saturated rings. The topological polar surface area (TPSA) is 79.6 Å². The predicted octanol–water partition coefficient (Wildman–Crippen LogP) is 3.23. The van der Waals surface area contributed by atoms with Crippen LogP contribution in [-0.4, -0.2) is 17.7 Å². The molecule has 22 heavy (non-hydrogen) atoms. The number of carboxylic acids is 1. The van der Waals surface area contributed by atoms with Crippen molar-refractivity contribution < 1.29 is 19.4 Å². The molecule has 0 unspecified atom stereocenters. The molecule has 0 radical (unpaired) electrons. The first kappa shape index (κ1) is 15.4. The van der Waals surface area contributed by atoms with Crippen LogP contribution in [0.3, 0.4) is 0 Å². The van der Waals surface area contributed by atoms with E-state index in [2.05, 4.69) is 6.07 Å². The van der Waals surface area contributed by atoms with Crippen molar-refractivity contribution in [2.75, 3.05) is 6.61 Å². The molecule has 0 aromatic heterocycles. The highest BCUT2D eigenvalue weighted by molar-refractivity contribution is 5.88. The van der Waals surface area contributed by atoms with Crippen LogP contribution in [-0.2, 0) is 6.61 Å². The number of hydrogen-bond donors (Lipinski definition) is 1. The Labute approximate surface area is 128 Å². The quantitative estimate of drug-likeness (QED) is 0.885. The fourth-order valence-corrected chi connectivity index (χ4v) is 1.92. The fraction of sp³-hybridized carbons (Fsp3) is 0.176. The van der Waals surface area contributed by atoms with Crippen molar-refractivity contribution in [3.8, 4) is 17.6 Å². The average Bonchev–Trinajstić information content (AvgIpc) is 2.54. The smallest absolute Gasteiger partial charge is 0.335 e. The van der Waals surface area contributed by atoms with Crippen LogP contribution in [0.2, 0.25) is 0 Å². The zero-order chi connectivity index (χ0) is 15.9. The van der Waals surface area contributed by atoms with Gasteiger partial charge in [-0.1, -0.05) is 12.1 Å². The third-order valence-electron chi connectivity index (χ3n) is 2.94. The van der Waals surface area contributed by atoms with Gasteiger partial charge in [0.1, 0.15) is 6.61 Å². The lowest BCUT2D eigenvalue weighted by Crippen LogP contribution is -2.02. The molecule has 0 amide bonds. The maximum atomic E-state index is 11.0. The van der Waals surface area contributed by atoms with Crippen molar-refractivity contribution in [3.05, 3.63) is 59.2 Å². The Morgan fingerprint density at radius 2 is 2.00 bits per heavy atom. The molecule has 0 atom stereocenters. The monoisotopic (exact) mass is 297 g/mol.